The molecule has 0 spiro atoms. The molecule has 0 aliphatic heterocycles. The Bertz CT molecular complexity index is 740. The van der Waals surface area contributed by atoms with Gasteiger partial charge in [0.1, 0.15) is 11.6 Å². The molecule has 0 bridgehead atoms. The van der Waals surface area contributed by atoms with Crippen molar-refractivity contribution in [2.75, 3.05) is 0 Å². The Labute approximate surface area is 110 Å². The minimum Gasteiger partial charge on any atom is -0.439 e. The van der Waals surface area contributed by atoms with Crippen LogP contribution in [0.5, 0.6) is 11.6 Å². The van der Waals surface area contributed by atoms with Gasteiger partial charge in [-0.3, -0.25) is 0 Å². The van der Waals surface area contributed by atoms with Crippen LogP contribution in [-0.2, 0) is 0 Å². The van der Waals surface area contributed by atoms with Crippen molar-refractivity contribution in [3.63, 3.8) is 0 Å². The van der Waals surface area contributed by atoms with E-state index in [4.69, 9.17) is 4.74 Å². The van der Waals surface area contributed by atoms with E-state index in [1.807, 2.05) is 31.2 Å². The number of rotatable bonds is 2. The van der Waals surface area contributed by atoms with E-state index in [2.05, 4.69) is 4.98 Å². The van der Waals surface area contributed by atoms with Gasteiger partial charge in [0.05, 0.1) is 5.52 Å². The Hall–Kier alpha value is -2.42. The summed E-state index contributed by atoms with van der Waals surface area (Å²) in [6, 6.07) is 15.9. The maximum atomic E-state index is 13.5. The summed E-state index contributed by atoms with van der Waals surface area (Å²) in [4.78, 5) is 4.30. The fourth-order valence-corrected chi connectivity index (χ4v) is 1.96. The van der Waals surface area contributed by atoms with Gasteiger partial charge in [-0.15, -0.1) is 0 Å². The Kier molecular flexibility index (Phi) is 2.88. The fourth-order valence-electron chi connectivity index (χ4n) is 1.96. The molecule has 2 aromatic carbocycles. The van der Waals surface area contributed by atoms with E-state index in [-0.39, 0.29) is 5.82 Å². The molecule has 1 heterocycles. The second-order valence-corrected chi connectivity index (χ2v) is 4.37. The number of aryl methyl sites for hydroxylation is 1. The maximum Gasteiger partial charge on any atom is 0.219 e. The highest BCUT2D eigenvalue weighted by molar-refractivity contribution is 5.79. The third-order valence-electron chi connectivity index (χ3n) is 2.87. The number of hydrogen-bond acceptors (Lipinski definition) is 2. The fraction of sp³-hybridized carbons (Fsp3) is 0.0625. The van der Waals surface area contributed by atoms with Crippen LogP contribution in [0.25, 0.3) is 10.9 Å². The smallest absolute Gasteiger partial charge is 0.219 e. The first-order valence-corrected chi connectivity index (χ1v) is 6.02. The van der Waals surface area contributed by atoms with Crippen LogP contribution < -0.4 is 4.74 Å². The van der Waals surface area contributed by atoms with Crippen LogP contribution >= 0.6 is 0 Å². The number of hydrogen-bond donors (Lipinski definition) is 0. The van der Waals surface area contributed by atoms with Crippen LogP contribution in [0, 0.1) is 12.7 Å². The quantitative estimate of drug-likeness (QED) is 0.672. The molecule has 94 valence electrons. The lowest BCUT2D eigenvalue weighted by atomic mass is 10.2. The molecule has 0 N–H and O–H groups in total. The predicted octanol–water partition coefficient (Wildman–Crippen LogP) is 4.47. The third kappa shape index (κ3) is 2.40. The molecule has 0 aliphatic rings. The maximum absolute atomic E-state index is 13.5. The molecular weight excluding hydrogens is 241 g/mol. The van der Waals surface area contributed by atoms with Gasteiger partial charge >= 0.3 is 0 Å². The Morgan fingerprint density at radius 2 is 1.84 bits per heavy atom. The summed E-state index contributed by atoms with van der Waals surface area (Å²) in [7, 11) is 0. The van der Waals surface area contributed by atoms with E-state index in [1.165, 1.54) is 6.07 Å². The molecule has 1 aromatic heterocycles. The van der Waals surface area contributed by atoms with E-state index < -0.39 is 0 Å². The second kappa shape index (κ2) is 4.69. The zero-order valence-electron chi connectivity index (χ0n) is 10.4. The average molecular weight is 253 g/mol. The first kappa shape index (κ1) is 11.7. The van der Waals surface area contributed by atoms with Crippen LogP contribution in [-0.4, -0.2) is 4.98 Å². The number of ether oxygens (including phenoxy) is 1. The molecular formula is C16H12FNO. The Morgan fingerprint density at radius 3 is 2.68 bits per heavy atom. The van der Waals surface area contributed by atoms with Gasteiger partial charge in [-0.05, 0) is 42.8 Å². The summed E-state index contributed by atoms with van der Waals surface area (Å²) in [5, 5.41) is 0.499. The molecule has 2 nitrogen and oxygen atoms in total. The van der Waals surface area contributed by atoms with Crippen molar-refractivity contribution in [3.8, 4) is 11.6 Å². The van der Waals surface area contributed by atoms with Crippen molar-refractivity contribution >= 4 is 10.9 Å². The first-order valence-electron chi connectivity index (χ1n) is 6.02. The minimum atomic E-state index is -0.271. The first-order chi connectivity index (χ1) is 9.22. The molecule has 0 unspecified atom stereocenters. The molecule has 19 heavy (non-hydrogen) atoms. The van der Waals surface area contributed by atoms with E-state index >= 15 is 0 Å². The monoisotopic (exact) mass is 253 g/mol. The molecule has 0 radical (unpaired) electrons. The van der Waals surface area contributed by atoms with E-state index in [0.29, 0.717) is 16.8 Å². The lowest BCUT2D eigenvalue weighted by molar-refractivity contribution is 0.464. The van der Waals surface area contributed by atoms with Crippen molar-refractivity contribution in [2.24, 2.45) is 0 Å². The van der Waals surface area contributed by atoms with Gasteiger partial charge in [-0.25, -0.2) is 9.37 Å². The lowest BCUT2D eigenvalue weighted by Crippen LogP contribution is -1.90. The molecule has 0 aliphatic carbocycles. The molecule has 0 amide bonds. The highest BCUT2D eigenvalue weighted by Crippen LogP contribution is 2.24. The zero-order chi connectivity index (χ0) is 13.2. The molecule has 3 aromatic rings. The van der Waals surface area contributed by atoms with Crippen molar-refractivity contribution in [3.05, 3.63) is 66.0 Å². The van der Waals surface area contributed by atoms with E-state index in [1.54, 1.807) is 24.3 Å². The summed E-state index contributed by atoms with van der Waals surface area (Å²) < 4.78 is 19.2. The number of nitrogens with zero attached hydrogens (tertiary/aromatic N) is 1. The van der Waals surface area contributed by atoms with Gasteiger partial charge in [0.25, 0.3) is 0 Å². The average Bonchev–Trinajstić information content (AvgIpc) is 2.39. The Morgan fingerprint density at radius 1 is 1.00 bits per heavy atom. The van der Waals surface area contributed by atoms with Crippen LogP contribution in [0.3, 0.4) is 0 Å². The summed E-state index contributed by atoms with van der Waals surface area (Å²) in [5.41, 5.74) is 1.70. The minimum absolute atomic E-state index is 0.271. The van der Waals surface area contributed by atoms with Gasteiger partial charge in [-0.1, -0.05) is 18.2 Å². The normalized spacial score (nSPS) is 10.6. The van der Waals surface area contributed by atoms with Crippen molar-refractivity contribution in [1.82, 2.24) is 4.98 Å². The molecule has 0 fully saturated rings. The van der Waals surface area contributed by atoms with Crippen LogP contribution in [0.1, 0.15) is 5.56 Å². The number of benzene rings is 2. The molecule has 0 saturated heterocycles. The van der Waals surface area contributed by atoms with Gasteiger partial charge in [0, 0.05) is 11.5 Å². The zero-order valence-corrected chi connectivity index (χ0v) is 10.4. The van der Waals surface area contributed by atoms with Crippen molar-refractivity contribution < 1.29 is 9.13 Å². The lowest BCUT2D eigenvalue weighted by Gasteiger charge is -2.06. The van der Waals surface area contributed by atoms with Crippen LogP contribution in [0.2, 0.25) is 0 Å². The standard InChI is InChI=1S/C16H12FNO/c1-11-4-2-5-12(10-11)19-16-9-8-13-14(17)6-3-7-15(13)18-16/h2-10H,1H3. The highest BCUT2D eigenvalue weighted by atomic mass is 19.1. The van der Waals surface area contributed by atoms with Gasteiger partial charge in [0.15, 0.2) is 0 Å². The van der Waals surface area contributed by atoms with Gasteiger partial charge in [-0.2, -0.15) is 0 Å². The summed E-state index contributed by atoms with van der Waals surface area (Å²) >= 11 is 0. The molecule has 0 saturated carbocycles. The number of pyridine rings is 1. The number of aromatic nitrogens is 1. The number of halogens is 1. The summed E-state index contributed by atoms with van der Waals surface area (Å²) in [6.07, 6.45) is 0. The van der Waals surface area contributed by atoms with E-state index in [0.717, 1.165) is 11.3 Å². The number of fused-ring (bicyclic) bond motifs is 1. The molecule has 0 atom stereocenters. The van der Waals surface area contributed by atoms with Crippen LogP contribution in [0.15, 0.2) is 54.6 Å². The summed E-state index contributed by atoms with van der Waals surface area (Å²) in [6.45, 7) is 2.00. The van der Waals surface area contributed by atoms with Gasteiger partial charge in [0.2, 0.25) is 5.88 Å². The third-order valence-corrected chi connectivity index (χ3v) is 2.87. The SMILES string of the molecule is Cc1cccc(Oc2ccc3c(F)cccc3n2)c1. The predicted molar refractivity (Wildman–Crippen MR) is 73.0 cm³/mol. The molecule has 3 heteroatoms. The Balaban J connectivity index is 1.98. The topological polar surface area (TPSA) is 22.1 Å². The van der Waals surface area contributed by atoms with Crippen molar-refractivity contribution in [1.29, 1.82) is 0 Å². The van der Waals surface area contributed by atoms with Gasteiger partial charge < -0.3 is 4.74 Å². The van der Waals surface area contributed by atoms with E-state index in [9.17, 15) is 4.39 Å². The highest BCUT2D eigenvalue weighted by Gasteiger charge is 2.04. The van der Waals surface area contributed by atoms with Crippen molar-refractivity contribution in [2.45, 2.75) is 6.92 Å². The van der Waals surface area contributed by atoms with Crippen LogP contribution in [0.4, 0.5) is 4.39 Å². The second-order valence-electron chi connectivity index (χ2n) is 4.37. The summed E-state index contributed by atoms with van der Waals surface area (Å²) in [5.74, 6) is 0.916. The molecule has 3 rings (SSSR count). The largest absolute Gasteiger partial charge is 0.439 e.